The minimum Gasteiger partial charge on any atom is -0.462 e. The van der Waals surface area contributed by atoms with Crippen LogP contribution in [0.2, 0.25) is 0 Å². The molecule has 1 N–H and O–H groups in total. The first-order chi connectivity index (χ1) is 9.10. The van der Waals surface area contributed by atoms with Gasteiger partial charge in [-0.2, -0.15) is 5.10 Å². The number of nitrogens with one attached hydrogen (secondary N) is 1. The van der Waals surface area contributed by atoms with E-state index in [2.05, 4.69) is 10.4 Å². The van der Waals surface area contributed by atoms with Gasteiger partial charge in [-0.25, -0.2) is 4.79 Å². The van der Waals surface area contributed by atoms with Crippen LogP contribution in [0.5, 0.6) is 0 Å². The SMILES string of the molecule is CCOC(=O)c1c(CC)nn2c1C(=O)NC1(CC1)C2. The van der Waals surface area contributed by atoms with E-state index in [4.69, 9.17) is 4.74 Å². The predicted molar refractivity (Wildman–Crippen MR) is 67.0 cm³/mol. The van der Waals surface area contributed by atoms with Gasteiger partial charge in [0.05, 0.1) is 24.4 Å². The van der Waals surface area contributed by atoms with E-state index in [9.17, 15) is 9.59 Å². The monoisotopic (exact) mass is 263 g/mol. The number of ether oxygens (including phenoxy) is 1. The number of hydrogen-bond acceptors (Lipinski definition) is 4. The first-order valence-electron chi connectivity index (χ1n) is 6.69. The summed E-state index contributed by atoms with van der Waals surface area (Å²) >= 11 is 0. The minimum atomic E-state index is -0.456. The van der Waals surface area contributed by atoms with E-state index < -0.39 is 5.97 Å². The number of nitrogens with zero attached hydrogens (tertiary/aromatic N) is 2. The van der Waals surface area contributed by atoms with Gasteiger partial charge in [-0.05, 0) is 26.2 Å². The van der Waals surface area contributed by atoms with Crippen molar-refractivity contribution in [3.05, 3.63) is 17.0 Å². The maximum Gasteiger partial charge on any atom is 0.342 e. The van der Waals surface area contributed by atoms with E-state index in [1.807, 2.05) is 6.92 Å². The van der Waals surface area contributed by atoms with Crippen molar-refractivity contribution in [1.82, 2.24) is 15.1 Å². The molecule has 0 unspecified atom stereocenters. The maximum atomic E-state index is 12.2. The van der Waals surface area contributed by atoms with Crippen LogP contribution < -0.4 is 5.32 Å². The van der Waals surface area contributed by atoms with Crippen LogP contribution in [0.4, 0.5) is 0 Å². The lowest BCUT2D eigenvalue weighted by Gasteiger charge is -2.24. The smallest absolute Gasteiger partial charge is 0.342 e. The highest BCUT2D eigenvalue weighted by atomic mass is 16.5. The molecule has 102 valence electrons. The molecule has 0 bridgehead atoms. The van der Waals surface area contributed by atoms with Crippen LogP contribution in [0.15, 0.2) is 0 Å². The van der Waals surface area contributed by atoms with Crippen LogP contribution in [0.3, 0.4) is 0 Å². The van der Waals surface area contributed by atoms with Gasteiger partial charge in [0.2, 0.25) is 0 Å². The molecule has 1 amide bonds. The molecule has 3 rings (SSSR count). The second-order valence-electron chi connectivity index (χ2n) is 5.14. The summed E-state index contributed by atoms with van der Waals surface area (Å²) < 4.78 is 6.72. The molecule has 0 atom stereocenters. The first-order valence-corrected chi connectivity index (χ1v) is 6.69. The van der Waals surface area contributed by atoms with E-state index in [-0.39, 0.29) is 18.1 Å². The summed E-state index contributed by atoms with van der Waals surface area (Å²) in [6.45, 7) is 4.61. The van der Waals surface area contributed by atoms with Crippen molar-refractivity contribution >= 4 is 11.9 Å². The second kappa shape index (κ2) is 4.08. The fraction of sp³-hybridized carbons (Fsp3) is 0.615. The normalized spacial score (nSPS) is 18.9. The van der Waals surface area contributed by atoms with E-state index >= 15 is 0 Å². The van der Waals surface area contributed by atoms with Crippen molar-refractivity contribution in [1.29, 1.82) is 0 Å². The van der Waals surface area contributed by atoms with Crippen molar-refractivity contribution in [3.63, 3.8) is 0 Å². The summed E-state index contributed by atoms with van der Waals surface area (Å²) in [5.74, 6) is -0.665. The third-order valence-corrected chi connectivity index (χ3v) is 3.74. The highest BCUT2D eigenvalue weighted by Gasteiger charge is 2.49. The Morgan fingerprint density at radius 1 is 1.47 bits per heavy atom. The molecule has 0 aromatic carbocycles. The van der Waals surface area contributed by atoms with Gasteiger partial charge in [0.1, 0.15) is 11.3 Å². The van der Waals surface area contributed by atoms with E-state index in [1.54, 1.807) is 11.6 Å². The molecular weight excluding hydrogens is 246 g/mol. The summed E-state index contributed by atoms with van der Waals surface area (Å²) in [6, 6.07) is 0. The number of aromatic nitrogens is 2. The van der Waals surface area contributed by atoms with E-state index in [0.29, 0.717) is 29.9 Å². The van der Waals surface area contributed by atoms with Crippen LogP contribution in [-0.2, 0) is 17.7 Å². The topological polar surface area (TPSA) is 73.2 Å². The predicted octanol–water partition coefficient (Wildman–Crippen LogP) is 0.898. The minimum absolute atomic E-state index is 0.118. The lowest BCUT2D eigenvalue weighted by Crippen LogP contribution is -2.47. The number of carbonyl (C=O) groups is 2. The van der Waals surface area contributed by atoms with Crippen molar-refractivity contribution in [2.75, 3.05) is 6.61 Å². The molecule has 1 spiro atoms. The van der Waals surface area contributed by atoms with Gasteiger partial charge in [0.15, 0.2) is 0 Å². The Morgan fingerprint density at radius 2 is 2.21 bits per heavy atom. The van der Waals surface area contributed by atoms with E-state index in [1.165, 1.54) is 0 Å². The maximum absolute atomic E-state index is 12.2. The zero-order chi connectivity index (χ0) is 13.6. The number of amides is 1. The molecule has 1 fully saturated rings. The molecule has 0 saturated heterocycles. The number of aryl methyl sites for hydroxylation is 1. The van der Waals surface area contributed by atoms with Crippen molar-refractivity contribution in [2.45, 2.75) is 45.2 Å². The molecule has 1 aromatic rings. The fourth-order valence-corrected chi connectivity index (χ4v) is 2.58. The molecule has 19 heavy (non-hydrogen) atoms. The van der Waals surface area contributed by atoms with Crippen molar-refractivity contribution < 1.29 is 14.3 Å². The fourth-order valence-electron chi connectivity index (χ4n) is 2.58. The molecule has 2 aliphatic rings. The Bertz CT molecular complexity index is 558. The van der Waals surface area contributed by atoms with Crippen molar-refractivity contribution in [3.8, 4) is 0 Å². The zero-order valence-electron chi connectivity index (χ0n) is 11.2. The number of hydrogen-bond donors (Lipinski definition) is 1. The summed E-state index contributed by atoms with van der Waals surface area (Å²) in [7, 11) is 0. The Balaban J connectivity index is 2.07. The highest BCUT2D eigenvalue weighted by Crippen LogP contribution is 2.40. The first kappa shape index (κ1) is 12.2. The average Bonchev–Trinajstić information content (AvgIpc) is 2.99. The molecule has 2 heterocycles. The molecule has 1 saturated carbocycles. The van der Waals surface area contributed by atoms with Crippen LogP contribution in [0, 0.1) is 0 Å². The largest absolute Gasteiger partial charge is 0.462 e. The number of carbonyl (C=O) groups excluding carboxylic acids is 2. The lowest BCUT2D eigenvalue weighted by atomic mass is 10.1. The molecule has 1 aromatic heterocycles. The third-order valence-electron chi connectivity index (χ3n) is 3.74. The summed E-state index contributed by atoms with van der Waals surface area (Å²) in [5, 5.41) is 7.40. The Hall–Kier alpha value is -1.85. The summed E-state index contributed by atoms with van der Waals surface area (Å²) in [6.07, 6.45) is 2.57. The molecular formula is C13H17N3O3. The number of fused-ring (bicyclic) bond motifs is 1. The average molecular weight is 263 g/mol. The summed E-state index contributed by atoms with van der Waals surface area (Å²) in [5.41, 5.74) is 1.21. The van der Waals surface area contributed by atoms with Gasteiger partial charge in [-0.15, -0.1) is 0 Å². The van der Waals surface area contributed by atoms with Gasteiger partial charge >= 0.3 is 5.97 Å². The van der Waals surface area contributed by atoms with Crippen LogP contribution in [-0.4, -0.2) is 33.8 Å². The van der Waals surface area contributed by atoms with Gasteiger partial charge in [-0.1, -0.05) is 6.92 Å². The van der Waals surface area contributed by atoms with E-state index in [0.717, 1.165) is 12.8 Å². The van der Waals surface area contributed by atoms with Crippen LogP contribution in [0.25, 0.3) is 0 Å². The number of rotatable bonds is 3. The van der Waals surface area contributed by atoms with Gasteiger partial charge in [0.25, 0.3) is 5.91 Å². The highest BCUT2D eigenvalue weighted by molar-refractivity contribution is 6.05. The summed E-state index contributed by atoms with van der Waals surface area (Å²) in [4.78, 5) is 24.2. The second-order valence-corrected chi connectivity index (χ2v) is 5.14. The molecule has 1 aliphatic heterocycles. The Kier molecular flexibility index (Phi) is 2.62. The van der Waals surface area contributed by atoms with Crippen LogP contribution >= 0.6 is 0 Å². The zero-order valence-corrected chi connectivity index (χ0v) is 11.2. The molecule has 0 radical (unpaired) electrons. The quantitative estimate of drug-likeness (QED) is 0.822. The third kappa shape index (κ3) is 1.82. The standard InChI is InChI=1S/C13H17N3O3/c1-3-8-9(12(18)19-4-2)10-11(17)14-13(5-6-13)7-16(10)15-8/h3-7H2,1-2H3,(H,14,17). The Labute approximate surface area is 111 Å². The van der Waals surface area contributed by atoms with Gasteiger partial charge in [-0.3, -0.25) is 9.48 Å². The van der Waals surface area contributed by atoms with Gasteiger partial charge < -0.3 is 10.1 Å². The molecule has 6 heteroatoms. The Morgan fingerprint density at radius 3 is 2.79 bits per heavy atom. The van der Waals surface area contributed by atoms with Crippen LogP contribution in [0.1, 0.15) is 53.2 Å². The van der Waals surface area contributed by atoms with Crippen molar-refractivity contribution in [2.24, 2.45) is 0 Å². The van der Waals surface area contributed by atoms with Gasteiger partial charge in [0, 0.05) is 0 Å². The molecule has 6 nitrogen and oxygen atoms in total. The number of esters is 1. The molecule has 1 aliphatic carbocycles. The lowest BCUT2D eigenvalue weighted by molar-refractivity contribution is 0.0519.